The molecule has 1 aromatic heterocycles. The van der Waals surface area contributed by atoms with Gasteiger partial charge in [-0.2, -0.15) is 0 Å². The molecule has 0 unspecified atom stereocenters. The first-order valence-corrected chi connectivity index (χ1v) is 7.06. The SMILES string of the molecule is CC(C)N(Cc1cccnc1)C(=O)C(C)(C)C(C)(C)N. The monoisotopic (exact) mass is 277 g/mol. The third kappa shape index (κ3) is 3.57. The van der Waals surface area contributed by atoms with Crippen LogP contribution in [0.15, 0.2) is 24.5 Å². The predicted molar refractivity (Wildman–Crippen MR) is 82.0 cm³/mol. The summed E-state index contributed by atoms with van der Waals surface area (Å²) in [7, 11) is 0. The number of carbonyl (C=O) groups is 1. The molecule has 0 aliphatic rings. The van der Waals surface area contributed by atoms with Crippen molar-refractivity contribution in [1.82, 2.24) is 9.88 Å². The number of hydrogen-bond donors (Lipinski definition) is 1. The second-order valence-electron chi connectivity index (χ2n) is 6.73. The normalized spacial score (nSPS) is 12.6. The minimum Gasteiger partial charge on any atom is -0.335 e. The number of rotatable bonds is 5. The third-order valence-corrected chi connectivity index (χ3v) is 4.11. The second-order valence-corrected chi connectivity index (χ2v) is 6.73. The molecule has 20 heavy (non-hydrogen) atoms. The van der Waals surface area contributed by atoms with E-state index in [2.05, 4.69) is 4.98 Å². The van der Waals surface area contributed by atoms with E-state index in [-0.39, 0.29) is 11.9 Å². The Morgan fingerprint density at radius 2 is 1.95 bits per heavy atom. The highest BCUT2D eigenvalue weighted by molar-refractivity contribution is 5.83. The molecular formula is C16H27N3O. The second kappa shape index (κ2) is 5.92. The Bertz CT molecular complexity index is 447. The molecular weight excluding hydrogens is 250 g/mol. The molecule has 0 saturated heterocycles. The molecule has 112 valence electrons. The van der Waals surface area contributed by atoms with Crippen LogP contribution in [0.2, 0.25) is 0 Å². The Morgan fingerprint density at radius 3 is 2.35 bits per heavy atom. The maximum atomic E-state index is 12.9. The summed E-state index contributed by atoms with van der Waals surface area (Å²) in [6.07, 6.45) is 3.53. The van der Waals surface area contributed by atoms with Gasteiger partial charge in [0, 0.05) is 30.5 Å². The van der Waals surface area contributed by atoms with E-state index in [0.717, 1.165) is 5.56 Å². The maximum absolute atomic E-state index is 12.9. The van der Waals surface area contributed by atoms with Gasteiger partial charge in [0.15, 0.2) is 0 Å². The molecule has 0 fully saturated rings. The smallest absolute Gasteiger partial charge is 0.230 e. The number of nitrogens with two attached hydrogens (primary N) is 1. The van der Waals surface area contributed by atoms with Crippen LogP contribution in [0.4, 0.5) is 0 Å². The highest BCUT2D eigenvalue weighted by Crippen LogP contribution is 2.31. The van der Waals surface area contributed by atoms with Crippen LogP contribution in [-0.2, 0) is 11.3 Å². The summed E-state index contributed by atoms with van der Waals surface area (Å²) >= 11 is 0. The van der Waals surface area contributed by atoms with Crippen LogP contribution in [0.1, 0.15) is 47.1 Å². The summed E-state index contributed by atoms with van der Waals surface area (Å²) < 4.78 is 0. The van der Waals surface area contributed by atoms with Crippen molar-refractivity contribution in [3.05, 3.63) is 30.1 Å². The average molecular weight is 277 g/mol. The summed E-state index contributed by atoms with van der Waals surface area (Å²) in [6, 6.07) is 3.98. The van der Waals surface area contributed by atoms with Crippen molar-refractivity contribution >= 4 is 5.91 Å². The highest BCUT2D eigenvalue weighted by atomic mass is 16.2. The first kappa shape index (κ1) is 16.6. The van der Waals surface area contributed by atoms with Gasteiger partial charge in [-0.05, 0) is 53.2 Å². The van der Waals surface area contributed by atoms with Gasteiger partial charge in [-0.25, -0.2) is 0 Å². The molecule has 1 rings (SSSR count). The van der Waals surface area contributed by atoms with E-state index in [0.29, 0.717) is 6.54 Å². The zero-order valence-electron chi connectivity index (χ0n) is 13.5. The summed E-state index contributed by atoms with van der Waals surface area (Å²) in [4.78, 5) is 18.9. The van der Waals surface area contributed by atoms with Crippen LogP contribution in [0.3, 0.4) is 0 Å². The lowest BCUT2D eigenvalue weighted by molar-refractivity contribution is -0.146. The average Bonchev–Trinajstić information content (AvgIpc) is 2.34. The lowest BCUT2D eigenvalue weighted by Gasteiger charge is -2.42. The largest absolute Gasteiger partial charge is 0.335 e. The molecule has 0 bridgehead atoms. The molecule has 0 aromatic carbocycles. The fourth-order valence-corrected chi connectivity index (χ4v) is 1.81. The molecule has 1 aromatic rings. The number of amides is 1. The molecule has 0 saturated carbocycles. The third-order valence-electron chi connectivity index (χ3n) is 4.11. The predicted octanol–water partition coefficient (Wildman–Crippen LogP) is 2.58. The molecule has 0 spiro atoms. The van der Waals surface area contributed by atoms with Gasteiger partial charge in [-0.1, -0.05) is 6.07 Å². The fraction of sp³-hybridized carbons (Fsp3) is 0.625. The molecule has 4 nitrogen and oxygen atoms in total. The number of hydrogen-bond acceptors (Lipinski definition) is 3. The van der Waals surface area contributed by atoms with Crippen LogP contribution < -0.4 is 5.73 Å². The van der Waals surface area contributed by atoms with Gasteiger partial charge in [-0.3, -0.25) is 9.78 Å². The number of carbonyl (C=O) groups excluding carboxylic acids is 1. The van der Waals surface area contributed by atoms with Crippen molar-refractivity contribution in [2.45, 2.75) is 59.7 Å². The zero-order chi connectivity index (χ0) is 15.6. The van der Waals surface area contributed by atoms with E-state index < -0.39 is 11.0 Å². The van der Waals surface area contributed by atoms with Gasteiger partial charge in [-0.15, -0.1) is 0 Å². The first-order chi connectivity index (χ1) is 9.07. The van der Waals surface area contributed by atoms with Crippen LogP contribution in [0.5, 0.6) is 0 Å². The summed E-state index contributed by atoms with van der Waals surface area (Å²) in [5, 5.41) is 0. The molecule has 0 aliphatic carbocycles. The zero-order valence-corrected chi connectivity index (χ0v) is 13.5. The van der Waals surface area contributed by atoms with Crippen molar-refractivity contribution in [1.29, 1.82) is 0 Å². The number of nitrogens with zero attached hydrogens (tertiary/aromatic N) is 2. The minimum atomic E-state index is -0.626. The Balaban J connectivity index is 3.01. The molecule has 0 radical (unpaired) electrons. The molecule has 4 heteroatoms. The van der Waals surface area contributed by atoms with Gasteiger partial charge in [0.05, 0.1) is 5.41 Å². The summed E-state index contributed by atoms with van der Waals surface area (Å²) in [5.74, 6) is 0.0730. The van der Waals surface area contributed by atoms with Crippen molar-refractivity contribution in [2.75, 3.05) is 0 Å². The van der Waals surface area contributed by atoms with Crippen LogP contribution in [-0.4, -0.2) is 27.4 Å². The molecule has 1 heterocycles. The summed E-state index contributed by atoms with van der Waals surface area (Å²) in [5.41, 5.74) is 6.01. The summed E-state index contributed by atoms with van der Waals surface area (Å²) in [6.45, 7) is 12.2. The van der Waals surface area contributed by atoms with Gasteiger partial charge in [0.1, 0.15) is 0 Å². The Morgan fingerprint density at radius 1 is 1.35 bits per heavy atom. The molecule has 0 aliphatic heterocycles. The van der Waals surface area contributed by atoms with E-state index in [9.17, 15) is 4.79 Å². The van der Waals surface area contributed by atoms with Crippen molar-refractivity contribution < 1.29 is 4.79 Å². The van der Waals surface area contributed by atoms with E-state index in [1.165, 1.54) is 0 Å². The standard InChI is InChI=1S/C16H27N3O/c1-12(2)19(11-13-8-7-9-18-10-13)14(20)15(3,4)16(5,6)17/h7-10,12H,11,17H2,1-6H3. The van der Waals surface area contributed by atoms with Gasteiger partial charge >= 0.3 is 0 Å². The Hall–Kier alpha value is -1.42. The lowest BCUT2D eigenvalue weighted by Crippen LogP contribution is -2.57. The van der Waals surface area contributed by atoms with Crippen molar-refractivity contribution in [3.8, 4) is 0 Å². The van der Waals surface area contributed by atoms with Crippen LogP contribution in [0, 0.1) is 5.41 Å². The van der Waals surface area contributed by atoms with Crippen LogP contribution >= 0.6 is 0 Å². The van der Waals surface area contributed by atoms with Gasteiger partial charge in [0.25, 0.3) is 0 Å². The maximum Gasteiger partial charge on any atom is 0.230 e. The van der Waals surface area contributed by atoms with E-state index in [1.807, 2.05) is 58.6 Å². The highest BCUT2D eigenvalue weighted by Gasteiger charge is 2.43. The van der Waals surface area contributed by atoms with Gasteiger partial charge < -0.3 is 10.6 Å². The molecule has 2 N–H and O–H groups in total. The topological polar surface area (TPSA) is 59.2 Å². The van der Waals surface area contributed by atoms with Crippen molar-refractivity contribution in [3.63, 3.8) is 0 Å². The first-order valence-electron chi connectivity index (χ1n) is 7.06. The quantitative estimate of drug-likeness (QED) is 0.900. The minimum absolute atomic E-state index is 0.0730. The Labute approximate surface area is 122 Å². The van der Waals surface area contributed by atoms with Crippen LogP contribution in [0.25, 0.3) is 0 Å². The lowest BCUT2D eigenvalue weighted by atomic mass is 9.74. The molecule has 1 amide bonds. The fourth-order valence-electron chi connectivity index (χ4n) is 1.81. The number of pyridine rings is 1. The Kier molecular flexibility index (Phi) is 4.92. The van der Waals surface area contributed by atoms with E-state index in [4.69, 9.17) is 5.73 Å². The van der Waals surface area contributed by atoms with Gasteiger partial charge in [0.2, 0.25) is 5.91 Å². The number of aromatic nitrogens is 1. The van der Waals surface area contributed by atoms with E-state index >= 15 is 0 Å². The molecule has 0 atom stereocenters. The van der Waals surface area contributed by atoms with E-state index in [1.54, 1.807) is 12.4 Å². The van der Waals surface area contributed by atoms with Crippen molar-refractivity contribution in [2.24, 2.45) is 11.1 Å².